The highest BCUT2D eigenvalue weighted by Gasteiger charge is 2.31. The lowest BCUT2D eigenvalue weighted by Gasteiger charge is -2.28. The van der Waals surface area contributed by atoms with Gasteiger partial charge in [0, 0.05) is 12.6 Å². The van der Waals surface area contributed by atoms with E-state index in [0.717, 1.165) is 43.7 Å². The Morgan fingerprint density at radius 1 is 1.27 bits per heavy atom. The van der Waals surface area contributed by atoms with E-state index in [-0.39, 0.29) is 6.04 Å². The molecule has 4 nitrogen and oxygen atoms in total. The van der Waals surface area contributed by atoms with Gasteiger partial charge in [0.2, 0.25) is 0 Å². The van der Waals surface area contributed by atoms with Crippen LogP contribution in [0.4, 0.5) is 0 Å². The summed E-state index contributed by atoms with van der Waals surface area (Å²) in [6.07, 6.45) is 2.98. The summed E-state index contributed by atoms with van der Waals surface area (Å²) in [7, 11) is -2.83. The van der Waals surface area contributed by atoms with Gasteiger partial charge in [0.15, 0.2) is 9.84 Å². The molecule has 1 atom stereocenters. The summed E-state index contributed by atoms with van der Waals surface area (Å²) in [6.45, 7) is 6.54. The summed E-state index contributed by atoms with van der Waals surface area (Å²) in [5.74, 6) is 1.55. The highest BCUT2D eigenvalue weighted by Crippen LogP contribution is 2.19. The quantitative estimate of drug-likeness (QED) is 0.737. The van der Waals surface area contributed by atoms with E-state index in [1.54, 1.807) is 0 Å². The molecule has 124 valence electrons. The van der Waals surface area contributed by atoms with Crippen molar-refractivity contribution >= 4 is 9.84 Å². The molecule has 1 aliphatic rings. The van der Waals surface area contributed by atoms with Crippen molar-refractivity contribution in [1.29, 1.82) is 0 Å². The molecule has 0 N–H and O–H groups in total. The normalized spacial score (nSPS) is 20.4. The maximum absolute atomic E-state index is 11.7. The van der Waals surface area contributed by atoms with E-state index >= 15 is 0 Å². The molecule has 1 saturated heterocycles. The van der Waals surface area contributed by atoms with Crippen LogP contribution < -0.4 is 4.74 Å². The number of nitrogens with zero attached hydrogens (tertiary/aromatic N) is 1. The minimum atomic E-state index is -2.83. The molecule has 1 heterocycles. The molecule has 0 amide bonds. The number of aryl methyl sites for hydroxylation is 1. The molecule has 1 unspecified atom stereocenters. The molecule has 1 fully saturated rings. The number of hydrogen-bond donors (Lipinski definition) is 0. The smallest absolute Gasteiger partial charge is 0.151 e. The van der Waals surface area contributed by atoms with Crippen molar-refractivity contribution in [3.05, 3.63) is 29.8 Å². The van der Waals surface area contributed by atoms with Gasteiger partial charge >= 0.3 is 0 Å². The third-order valence-corrected chi connectivity index (χ3v) is 6.00. The molecule has 0 radical (unpaired) electrons. The van der Waals surface area contributed by atoms with Crippen molar-refractivity contribution in [2.24, 2.45) is 0 Å². The number of para-hydroxylation sites is 1. The average Bonchev–Trinajstić information content (AvgIpc) is 2.84. The monoisotopic (exact) mass is 325 g/mol. The Morgan fingerprint density at radius 3 is 2.68 bits per heavy atom. The van der Waals surface area contributed by atoms with Gasteiger partial charge in [-0.25, -0.2) is 8.42 Å². The van der Waals surface area contributed by atoms with E-state index < -0.39 is 9.84 Å². The highest BCUT2D eigenvalue weighted by molar-refractivity contribution is 7.91. The molecule has 1 aliphatic heterocycles. The van der Waals surface area contributed by atoms with Crippen molar-refractivity contribution in [1.82, 2.24) is 4.90 Å². The predicted molar refractivity (Wildman–Crippen MR) is 90.2 cm³/mol. The fourth-order valence-corrected chi connectivity index (χ4v) is 4.65. The third kappa shape index (κ3) is 4.99. The van der Waals surface area contributed by atoms with Crippen LogP contribution in [-0.2, 0) is 9.84 Å². The molecular weight excluding hydrogens is 298 g/mol. The van der Waals surface area contributed by atoms with E-state index in [9.17, 15) is 8.42 Å². The van der Waals surface area contributed by atoms with Crippen molar-refractivity contribution in [2.45, 2.75) is 39.2 Å². The first kappa shape index (κ1) is 17.3. The minimum Gasteiger partial charge on any atom is -0.492 e. The van der Waals surface area contributed by atoms with E-state index in [1.165, 1.54) is 0 Å². The lowest BCUT2D eigenvalue weighted by Crippen LogP contribution is -2.39. The van der Waals surface area contributed by atoms with Crippen molar-refractivity contribution in [3.8, 4) is 5.75 Å². The van der Waals surface area contributed by atoms with E-state index in [1.807, 2.05) is 31.2 Å². The largest absolute Gasteiger partial charge is 0.492 e. The van der Waals surface area contributed by atoms with Gasteiger partial charge in [0.1, 0.15) is 12.4 Å². The summed E-state index contributed by atoms with van der Waals surface area (Å²) >= 11 is 0. The molecule has 0 spiro atoms. The fourth-order valence-electron chi connectivity index (χ4n) is 2.89. The van der Waals surface area contributed by atoms with Crippen LogP contribution in [0.1, 0.15) is 31.7 Å². The standard InChI is InChI=1S/C17H27NO3S/c1-3-4-10-18(16-9-13-22(19,20)14-16)11-12-21-17-8-6-5-7-15(17)2/h5-8,16H,3-4,9-14H2,1-2H3. The first-order chi connectivity index (χ1) is 10.5. The lowest BCUT2D eigenvalue weighted by molar-refractivity contribution is 0.167. The van der Waals surface area contributed by atoms with Gasteiger partial charge in [0.25, 0.3) is 0 Å². The SMILES string of the molecule is CCCCN(CCOc1ccccc1C)C1CCS(=O)(=O)C1. The van der Waals surface area contributed by atoms with Crippen LogP contribution in [0.15, 0.2) is 24.3 Å². The van der Waals surface area contributed by atoms with Gasteiger partial charge in [-0.15, -0.1) is 0 Å². The van der Waals surface area contributed by atoms with Gasteiger partial charge in [-0.3, -0.25) is 4.90 Å². The molecule has 0 bridgehead atoms. The second-order valence-corrected chi connectivity index (χ2v) is 8.29. The van der Waals surface area contributed by atoms with Gasteiger partial charge in [-0.2, -0.15) is 0 Å². The van der Waals surface area contributed by atoms with Crippen LogP contribution >= 0.6 is 0 Å². The molecule has 2 rings (SSSR count). The molecule has 22 heavy (non-hydrogen) atoms. The van der Waals surface area contributed by atoms with Crippen LogP contribution in [0.25, 0.3) is 0 Å². The molecule has 1 aromatic carbocycles. The Kier molecular flexibility index (Phi) is 6.26. The summed E-state index contributed by atoms with van der Waals surface area (Å²) in [5, 5.41) is 0. The Bertz CT molecular complexity index is 571. The summed E-state index contributed by atoms with van der Waals surface area (Å²) in [5.41, 5.74) is 1.13. The summed E-state index contributed by atoms with van der Waals surface area (Å²) < 4.78 is 29.3. The molecule has 5 heteroatoms. The van der Waals surface area contributed by atoms with E-state index in [2.05, 4.69) is 11.8 Å². The topological polar surface area (TPSA) is 46.6 Å². The van der Waals surface area contributed by atoms with Crippen LogP contribution in [0.5, 0.6) is 5.75 Å². The van der Waals surface area contributed by atoms with Gasteiger partial charge in [0.05, 0.1) is 11.5 Å². The molecule has 0 saturated carbocycles. The van der Waals surface area contributed by atoms with Crippen LogP contribution in [-0.4, -0.2) is 50.6 Å². The minimum absolute atomic E-state index is 0.164. The van der Waals surface area contributed by atoms with Crippen LogP contribution in [0.2, 0.25) is 0 Å². The number of rotatable bonds is 8. The van der Waals surface area contributed by atoms with Crippen molar-refractivity contribution in [2.75, 3.05) is 31.2 Å². The highest BCUT2D eigenvalue weighted by atomic mass is 32.2. The number of unbranched alkanes of at least 4 members (excludes halogenated alkanes) is 1. The van der Waals surface area contributed by atoms with Crippen LogP contribution in [0.3, 0.4) is 0 Å². The van der Waals surface area contributed by atoms with E-state index in [4.69, 9.17) is 4.74 Å². The second kappa shape index (κ2) is 7.97. The number of ether oxygens (including phenoxy) is 1. The Labute approximate surface area is 134 Å². The maximum Gasteiger partial charge on any atom is 0.151 e. The van der Waals surface area contributed by atoms with E-state index in [0.29, 0.717) is 18.1 Å². The first-order valence-electron chi connectivity index (χ1n) is 8.15. The first-order valence-corrected chi connectivity index (χ1v) is 9.97. The zero-order valence-electron chi connectivity index (χ0n) is 13.6. The number of benzene rings is 1. The molecule has 0 aromatic heterocycles. The van der Waals surface area contributed by atoms with Gasteiger partial charge < -0.3 is 4.74 Å². The maximum atomic E-state index is 11.7. The predicted octanol–water partition coefficient (Wildman–Crippen LogP) is 2.66. The zero-order chi connectivity index (χ0) is 16.0. The second-order valence-electron chi connectivity index (χ2n) is 6.06. The van der Waals surface area contributed by atoms with Crippen molar-refractivity contribution < 1.29 is 13.2 Å². The zero-order valence-corrected chi connectivity index (χ0v) is 14.4. The molecular formula is C17H27NO3S. The molecule has 1 aromatic rings. The Hall–Kier alpha value is -1.07. The Morgan fingerprint density at radius 2 is 2.05 bits per heavy atom. The number of sulfone groups is 1. The van der Waals surface area contributed by atoms with Gasteiger partial charge in [-0.1, -0.05) is 31.5 Å². The average molecular weight is 325 g/mol. The Balaban J connectivity index is 1.88. The van der Waals surface area contributed by atoms with Gasteiger partial charge in [-0.05, 0) is 37.9 Å². The molecule has 0 aliphatic carbocycles. The summed E-state index contributed by atoms with van der Waals surface area (Å²) in [6, 6.07) is 8.15. The summed E-state index contributed by atoms with van der Waals surface area (Å²) in [4.78, 5) is 2.30. The third-order valence-electron chi connectivity index (χ3n) is 4.25. The fraction of sp³-hybridized carbons (Fsp3) is 0.647. The van der Waals surface area contributed by atoms with Crippen LogP contribution in [0, 0.1) is 6.92 Å². The van der Waals surface area contributed by atoms with Crippen molar-refractivity contribution in [3.63, 3.8) is 0 Å². The number of hydrogen-bond acceptors (Lipinski definition) is 4. The lowest BCUT2D eigenvalue weighted by atomic mass is 10.2.